The van der Waals surface area contributed by atoms with Crippen LogP contribution in [0.5, 0.6) is 11.5 Å². The molecule has 2 aromatic carbocycles. The summed E-state index contributed by atoms with van der Waals surface area (Å²) in [6.45, 7) is 2.21. The number of esters is 1. The van der Waals surface area contributed by atoms with Gasteiger partial charge in [0.15, 0.2) is 0 Å². The van der Waals surface area contributed by atoms with Crippen LogP contribution in [0.15, 0.2) is 48.5 Å². The van der Waals surface area contributed by atoms with Crippen LogP contribution in [-0.4, -0.2) is 26.8 Å². The minimum absolute atomic E-state index is 0.211. The molecular formula is C18H20O4. The molecule has 0 heterocycles. The van der Waals surface area contributed by atoms with Gasteiger partial charge in [0.25, 0.3) is 0 Å². The number of rotatable bonds is 6. The Morgan fingerprint density at radius 1 is 1.05 bits per heavy atom. The molecule has 0 N–H and O–H groups in total. The Morgan fingerprint density at radius 3 is 2.36 bits per heavy atom. The molecule has 0 amide bonds. The molecule has 0 bridgehead atoms. The van der Waals surface area contributed by atoms with Crippen LogP contribution < -0.4 is 9.47 Å². The Bertz CT molecular complexity index is 619. The van der Waals surface area contributed by atoms with E-state index in [0.717, 1.165) is 11.1 Å². The van der Waals surface area contributed by atoms with Gasteiger partial charge in [-0.1, -0.05) is 35.9 Å². The van der Waals surface area contributed by atoms with Crippen molar-refractivity contribution in [2.75, 3.05) is 20.8 Å². The van der Waals surface area contributed by atoms with Crippen molar-refractivity contribution in [2.24, 2.45) is 0 Å². The monoisotopic (exact) mass is 300 g/mol. The van der Waals surface area contributed by atoms with Crippen LogP contribution in [-0.2, 0) is 9.53 Å². The number of hydrogen-bond donors (Lipinski definition) is 0. The third-order valence-electron chi connectivity index (χ3n) is 3.42. The van der Waals surface area contributed by atoms with E-state index in [1.165, 1.54) is 7.11 Å². The quantitative estimate of drug-likeness (QED) is 0.768. The maximum Gasteiger partial charge on any atom is 0.316 e. The average Bonchev–Trinajstić information content (AvgIpc) is 2.56. The first-order valence-corrected chi connectivity index (χ1v) is 7.05. The summed E-state index contributed by atoms with van der Waals surface area (Å²) in [6.07, 6.45) is 0. The molecule has 4 heteroatoms. The average molecular weight is 300 g/mol. The highest BCUT2D eigenvalue weighted by molar-refractivity contribution is 5.78. The molecule has 4 nitrogen and oxygen atoms in total. The van der Waals surface area contributed by atoms with Crippen LogP contribution in [0.1, 0.15) is 17.0 Å². The molecule has 0 aliphatic carbocycles. The molecule has 2 rings (SSSR count). The lowest BCUT2D eigenvalue weighted by atomic mass is 9.99. The predicted octanol–water partition coefficient (Wildman–Crippen LogP) is 3.34. The van der Waals surface area contributed by atoms with Gasteiger partial charge in [-0.15, -0.1) is 0 Å². The van der Waals surface area contributed by atoms with E-state index in [2.05, 4.69) is 0 Å². The lowest BCUT2D eigenvalue weighted by Crippen LogP contribution is -2.21. The molecule has 0 aromatic heterocycles. The fourth-order valence-electron chi connectivity index (χ4n) is 2.11. The Morgan fingerprint density at radius 2 is 1.73 bits per heavy atom. The lowest BCUT2D eigenvalue weighted by Gasteiger charge is -2.16. The van der Waals surface area contributed by atoms with Crippen molar-refractivity contribution in [2.45, 2.75) is 12.8 Å². The molecule has 0 fully saturated rings. The van der Waals surface area contributed by atoms with E-state index in [1.807, 2.05) is 49.4 Å². The van der Waals surface area contributed by atoms with Crippen molar-refractivity contribution in [1.82, 2.24) is 0 Å². The van der Waals surface area contributed by atoms with E-state index in [4.69, 9.17) is 14.2 Å². The standard InChI is InChI=1S/C18H20O4/c1-13-7-9-14(10-8-13)17(18(19)21-3)12-22-16-6-4-5-15(11-16)20-2/h4-11,17H,12H2,1-3H3. The van der Waals surface area contributed by atoms with E-state index in [9.17, 15) is 4.79 Å². The summed E-state index contributed by atoms with van der Waals surface area (Å²) in [6, 6.07) is 15.1. The molecule has 2 aromatic rings. The largest absolute Gasteiger partial charge is 0.497 e. The first-order valence-electron chi connectivity index (χ1n) is 7.05. The van der Waals surface area contributed by atoms with Gasteiger partial charge in [-0.2, -0.15) is 0 Å². The summed E-state index contributed by atoms with van der Waals surface area (Å²) in [4.78, 5) is 12.0. The topological polar surface area (TPSA) is 44.8 Å². The summed E-state index contributed by atoms with van der Waals surface area (Å²) >= 11 is 0. The van der Waals surface area contributed by atoms with Gasteiger partial charge in [0, 0.05) is 6.07 Å². The van der Waals surface area contributed by atoms with Gasteiger partial charge in [-0.25, -0.2) is 0 Å². The second-order valence-corrected chi connectivity index (χ2v) is 4.98. The van der Waals surface area contributed by atoms with Crippen molar-refractivity contribution in [1.29, 1.82) is 0 Å². The molecule has 22 heavy (non-hydrogen) atoms. The maximum absolute atomic E-state index is 12.0. The van der Waals surface area contributed by atoms with Crippen LogP contribution in [0.2, 0.25) is 0 Å². The summed E-state index contributed by atoms with van der Waals surface area (Å²) in [7, 11) is 2.98. The smallest absolute Gasteiger partial charge is 0.316 e. The highest BCUT2D eigenvalue weighted by Gasteiger charge is 2.22. The number of ether oxygens (including phenoxy) is 3. The molecular weight excluding hydrogens is 280 g/mol. The summed E-state index contributed by atoms with van der Waals surface area (Å²) in [5, 5.41) is 0. The van der Waals surface area contributed by atoms with Crippen LogP contribution in [0.4, 0.5) is 0 Å². The molecule has 0 aliphatic heterocycles. The van der Waals surface area contributed by atoms with Crippen molar-refractivity contribution in [3.8, 4) is 11.5 Å². The second kappa shape index (κ2) is 7.50. The van der Waals surface area contributed by atoms with Gasteiger partial charge in [-0.3, -0.25) is 4.79 Å². The van der Waals surface area contributed by atoms with Gasteiger partial charge in [0.2, 0.25) is 0 Å². The van der Waals surface area contributed by atoms with Gasteiger partial charge >= 0.3 is 5.97 Å². The van der Waals surface area contributed by atoms with Gasteiger partial charge < -0.3 is 14.2 Å². The first-order chi connectivity index (χ1) is 10.6. The highest BCUT2D eigenvalue weighted by atomic mass is 16.5. The molecule has 0 radical (unpaired) electrons. The van der Waals surface area contributed by atoms with E-state index in [-0.39, 0.29) is 12.6 Å². The Labute approximate surface area is 130 Å². The van der Waals surface area contributed by atoms with Gasteiger partial charge in [0.05, 0.1) is 14.2 Å². The summed E-state index contributed by atoms with van der Waals surface area (Å²) < 4.78 is 15.8. The van der Waals surface area contributed by atoms with Crippen LogP contribution >= 0.6 is 0 Å². The molecule has 1 unspecified atom stereocenters. The number of carbonyl (C=O) groups excluding carboxylic acids is 1. The zero-order valence-corrected chi connectivity index (χ0v) is 13.0. The highest BCUT2D eigenvalue weighted by Crippen LogP contribution is 2.23. The van der Waals surface area contributed by atoms with Gasteiger partial charge in [-0.05, 0) is 24.6 Å². The number of aryl methyl sites for hydroxylation is 1. The third-order valence-corrected chi connectivity index (χ3v) is 3.42. The molecule has 1 atom stereocenters. The Kier molecular flexibility index (Phi) is 5.42. The first kappa shape index (κ1) is 15.9. The van der Waals surface area contributed by atoms with Crippen molar-refractivity contribution >= 4 is 5.97 Å². The predicted molar refractivity (Wildman–Crippen MR) is 84.4 cm³/mol. The summed E-state index contributed by atoms with van der Waals surface area (Å²) in [5.74, 6) is 0.589. The molecule has 0 saturated heterocycles. The van der Waals surface area contributed by atoms with E-state index >= 15 is 0 Å². The molecule has 0 saturated carbocycles. The fraction of sp³-hybridized carbons (Fsp3) is 0.278. The number of hydrogen-bond acceptors (Lipinski definition) is 4. The van der Waals surface area contributed by atoms with Gasteiger partial charge in [0.1, 0.15) is 24.0 Å². The molecule has 0 aliphatic rings. The lowest BCUT2D eigenvalue weighted by molar-refractivity contribution is -0.143. The Balaban J connectivity index is 2.13. The van der Waals surface area contributed by atoms with E-state index < -0.39 is 5.92 Å². The number of carbonyl (C=O) groups is 1. The fourth-order valence-corrected chi connectivity index (χ4v) is 2.11. The van der Waals surface area contributed by atoms with E-state index in [0.29, 0.717) is 11.5 Å². The van der Waals surface area contributed by atoms with Crippen LogP contribution in [0.3, 0.4) is 0 Å². The number of methoxy groups -OCH3 is 2. The minimum atomic E-state index is -0.461. The zero-order valence-electron chi connectivity index (χ0n) is 13.0. The second-order valence-electron chi connectivity index (χ2n) is 4.98. The minimum Gasteiger partial charge on any atom is -0.497 e. The third kappa shape index (κ3) is 4.01. The normalized spacial score (nSPS) is 11.6. The maximum atomic E-state index is 12.0. The van der Waals surface area contributed by atoms with Crippen molar-refractivity contribution in [3.63, 3.8) is 0 Å². The summed E-state index contributed by atoms with van der Waals surface area (Å²) in [5.41, 5.74) is 2.02. The number of benzene rings is 2. The van der Waals surface area contributed by atoms with Crippen molar-refractivity contribution in [3.05, 3.63) is 59.7 Å². The van der Waals surface area contributed by atoms with E-state index in [1.54, 1.807) is 13.2 Å². The zero-order chi connectivity index (χ0) is 15.9. The molecule has 0 spiro atoms. The van der Waals surface area contributed by atoms with Crippen molar-refractivity contribution < 1.29 is 19.0 Å². The Hall–Kier alpha value is -2.49. The SMILES string of the molecule is COC(=O)C(COc1cccc(OC)c1)c1ccc(C)cc1. The van der Waals surface area contributed by atoms with Crippen LogP contribution in [0.25, 0.3) is 0 Å². The van der Waals surface area contributed by atoms with Crippen LogP contribution in [0, 0.1) is 6.92 Å². The molecule has 116 valence electrons.